The van der Waals surface area contributed by atoms with Crippen molar-refractivity contribution in [1.82, 2.24) is 5.32 Å². The molecule has 0 radical (unpaired) electrons. The van der Waals surface area contributed by atoms with Crippen molar-refractivity contribution in [2.75, 3.05) is 0 Å². The SMILES string of the molecule is O=CN[C@H](CC(=O)O)c1ccc(F)cc1F. The predicted molar refractivity (Wildman–Crippen MR) is 50.6 cm³/mol. The average molecular weight is 229 g/mol. The fourth-order valence-corrected chi connectivity index (χ4v) is 1.30. The van der Waals surface area contributed by atoms with Gasteiger partial charge in [0, 0.05) is 11.6 Å². The Morgan fingerprint density at radius 2 is 2.19 bits per heavy atom. The zero-order valence-electron chi connectivity index (χ0n) is 8.11. The number of amides is 1. The van der Waals surface area contributed by atoms with Crippen LogP contribution in [0.3, 0.4) is 0 Å². The molecule has 0 unspecified atom stereocenters. The number of nitrogens with one attached hydrogen (secondary N) is 1. The molecular formula is C10H9F2NO3. The molecule has 86 valence electrons. The van der Waals surface area contributed by atoms with Crippen LogP contribution in [0, 0.1) is 11.6 Å². The van der Waals surface area contributed by atoms with Crippen LogP contribution in [0.2, 0.25) is 0 Å². The average Bonchev–Trinajstić information content (AvgIpc) is 2.16. The Kier molecular flexibility index (Phi) is 3.93. The lowest BCUT2D eigenvalue weighted by Gasteiger charge is -2.14. The Labute approximate surface area is 89.9 Å². The number of carboxylic acid groups (broad SMARTS) is 1. The number of halogens is 2. The van der Waals surface area contributed by atoms with Crippen LogP contribution in [0.5, 0.6) is 0 Å². The third-order valence-electron chi connectivity index (χ3n) is 1.99. The quantitative estimate of drug-likeness (QED) is 0.746. The molecule has 0 saturated carbocycles. The Morgan fingerprint density at radius 1 is 1.50 bits per heavy atom. The van der Waals surface area contributed by atoms with Crippen molar-refractivity contribution in [2.45, 2.75) is 12.5 Å². The summed E-state index contributed by atoms with van der Waals surface area (Å²) in [5.41, 5.74) is -0.0594. The highest BCUT2D eigenvalue weighted by Crippen LogP contribution is 2.20. The Bertz CT molecular complexity index is 409. The van der Waals surface area contributed by atoms with Gasteiger partial charge in [0.1, 0.15) is 11.6 Å². The summed E-state index contributed by atoms with van der Waals surface area (Å²) in [5, 5.41) is 10.7. The fraction of sp³-hybridized carbons (Fsp3) is 0.200. The zero-order chi connectivity index (χ0) is 12.1. The molecule has 0 aromatic heterocycles. The molecule has 6 heteroatoms. The van der Waals surface area contributed by atoms with Crippen LogP contribution in [0.4, 0.5) is 8.78 Å². The van der Waals surface area contributed by atoms with Gasteiger partial charge in [-0.15, -0.1) is 0 Å². The van der Waals surface area contributed by atoms with Gasteiger partial charge in [0.2, 0.25) is 6.41 Å². The fourth-order valence-electron chi connectivity index (χ4n) is 1.30. The predicted octanol–water partition coefficient (Wildman–Crippen LogP) is 1.23. The first kappa shape index (κ1) is 12.1. The van der Waals surface area contributed by atoms with Gasteiger partial charge in [-0.2, -0.15) is 0 Å². The second-order valence-electron chi connectivity index (χ2n) is 3.10. The number of carbonyl (C=O) groups excluding carboxylic acids is 1. The van der Waals surface area contributed by atoms with Crippen molar-refractivity contribution < 1.29 is 23.5 Å². The van der Waals surface area contributed by atoms with E-state index in [1.165, 1.54) is 0 Å². The molecule has 0 fully saturated rings. The lowest BCUT2D eigenvalue weighted by Crippen LogP contribution is -2.23. The van der Waals surface area contributed by atoms with Gasteiger partial charge in [0.15, 0.2) is 0 Å². The Morgan fingerprint density at radius 3 is 2.69 bits per heavy atom. The van der Waals surface area contributed by atoms with E-state index >= 15 is 0 Å². The molecule has 1 atom stereocenters. The second kappa shape index (κ2) is 5.20. The summed E-state index contributed by atoms with van der Waals surface area (Å²) in [4.78, 5) is 20.7. The third-order valence-corrected chi connectivity index (χ3v) is 1.99. The Balaban J connectivity index is 3.00. The molecule has 16 heavy (non-hydrogen) atoms. The van der Waals surface area contributed by atoms with Crippen LogP contribution in [0.25, 0.3) is 0 Å². The highest BCUT2D eigenvalue weighted by Gasteiger charge is 2.18. The molecular weight excluding hydrogens is 220 g/mol. The van der Waals surface area contributed by atoms with E-state index in [2.05, 4.69) is 5.32 Å². The molecule has 0 bridgehead atoms. The number of rotatable bonds is 5. The Hall–Kier alpha value is -1.98. The van der Waals surface area contributed by atoms with Gasteiger partial charge >= 0.3 is 5.97 Å². The molecule has 0 spiro atoms. The highest BCUT2D eigenvalue weighted by molar-refractivity contribution is 5.68. The first-order valence-electron chi connectivity index (χ1n) is 4.41. The number of carbonyl (C=O) groups is 2. The second-order valence-corrected chi connectivity index (χ2v) is 3.10. The minimum absolute atomic E-state index is 0.0594. The van der Waals surface area contributed by atoms with Gasteiger partial charge < -0.3 is 10.4 Å². The largest absolute Gasteiger partial charge is 0.481 e. The third kappa shape index (κ3) is 3.01. The summed E-state index contributed by atoms with van der Waals surface area (Å²) in [6.45, 7) is 0. The smallest absolute Gasteiger partial charge is 0.305 e. The number of hydrogen-bond acceptors (Lipinski definition) is 2. The molecule has 1 amide bonds. The van der Waals surface area contributed by atoms with Crippen molar-refractivity contribution in [1.29, 1.82) is 0 Å². The van der Waals surface area contributed by atoms with Crippen molar-refractivity contribution >= 4 is 12.4 Å². The molecule has 1 aromatic carbocycles. The normalized spacial score (nSPS) is 11.9. The van der Waals surface area contributed by atoms with E-state index in [0.29, 0.717) is 6.07 Å². The number of benzene rings is 1. The monoisotopic (exact) mass is 229 g/mol. The minimum atomic E-state index is -1.19. The van der Waals surface area contributed by atoms with Crippen molar-refractivity contribution in [3.05, 3.63) is 35.4 Å². The van der Waals surface area contributed by atoms with Crippen molar-refractivity contribution in [3.8, 4) is 0 Å². The molecule has 0 heterocycles. The molecule has 2 N–H and O–H groups in total. The summed E-state index contributed by atoms with van der Waals surface area (Å²) in [6, 6.07) is 1.74. The van der Waals surface area contributed by atoms with E-state index in [-0.39, 0.29) is 12.0 Å². The molecule has 0 aliphatic heterocycles. The van der Waals surface area contributed by atoms with Gasteiger partial charge in [-0.05, 0) is 6.07 Å². The van der Waals surface area contributed by atoms with E-state index in [4.69, 9.17) is 5.11 Å². The molecule has 1 aromatic rings. The topological polar surface area (TPSA) is 66.4 Å². The van der Waals surface area contributed by atoms with Gasteiger partial charge in [0.25, 0.3) is 0 Å². The van der Waals surface area contributed by atoms with Gasteiger partial charge in [0.05, 0.1) is 12.5 Å². The van der Waals surface area contributed by atoms with Crippen LogP contribution in [0.15, 0.2) is 18.2 Å². The van der Waals surface area contributed by atoms with Crippen LogP contribution in [-0.4, -0.2) is 17.5 Å². The molecule has 1 rings (SSSR count). The molecule has 0 aliphatic carbocycles. The number of carboxylic acids is 1. The summed E-state index contributed by atoms with van der Waals surface area (Å²) < 4.78 is 25.9. The van der Waals surface area contributed by atoms with Crippen molar-refractivity contribution in [3.63, 3.8) is 0 Å². The number of aliphatic carboxylic acids is 1. The maximum Gasteiger partial charge on any atom is 0.305 e. The van der Waals surface area contributed by atoms with E-state index < -0.39 is 30.1 Å². The van der Waals surface area contributed by atoms with Crippen LogP contribution < -0.4 is 5.32 Å². The summed E-state index contributed by atoms with van der Waals surface area (Å²) in [7, 11) is 0. The van der Waals surface area contributed by atoms with Gasteiger partial charge in [-0.25, -0.2) is 8.78 Å². The summed E-state index contributed by atoms with van der Waals surface area (Å²) in [5.74, 6) is -2.84. The standard InChI is InChI=1S/C10H9F2NO3/c11-6-1-2-7(8(12)3-6)9(13-5-14)4-10(15)16/h1-3,5,9H,4H2,(H,13,14)(H,15,16)/t9-/m1/s1. The first-order valence-corrected chi connectivity index (χ1v) is 4.41. The highest BCUT2D eigenvalue weighted by atomic mass is 19.1. The van der Waals surface area contributed by atoms with E-state index in [1.807, 2.05) is 0 Å². The van der Waals surface area contributed by atoms with E-state index in [1.54, 1.807) is 0 Å². The van der Waals surface area contributed by atoms with Gasteiger partial charge in [-0.1, -0.05) is 6.07 Å². The lowest BCUT2D eigenvalue weighted by molar-refractivity contribution is -0.137. The zero-order valence-corrected chi connectivity index (χ0v) is 8.11. The maximum atomic E-state index is 13.3. The summed E-state index contributed by atoms with van der Waals surface area (Å²) >= 11 is 0. The van der Waals surface area contributed by atoms with Crippen molar-refractivity contribution in [2.24, 2.45) is 0 Å². The minimum Gasteiger partial charge on any atom is -0.481 e. The lowest BCUT2D eigenvalue weighted by atomic mass is 10.0. The maximum absolute atomic E-state index is 13.3. The number of hydrogen-bond donors (Lipinski definition) is 2. The van der Waals surface area contributed by atoms with E-state index in [0.717, 1.165) is 12.1 Å². The molecule has 0 saturated heterocycles. The van der Waals surface area contributed by atoms with Crippen LogP contribution in [-0.2, 0) is 9.59 Å². The first-order chi connectivity index (χ1) is 7.54. The summed E-state index contributed by atoms with van der Waals surface area (Å²) in [6.07, 6.45) is -0.197. The molecule has 4 nitrogen and oxygen atoms in total. The van der Waals surface area contributed by atoms with Crippen LogP contribution in [0.1, 0.15) is 18.0 Å². The molecule has 0 aliphatic rings. The van der Waals surface area contributed by atoms with E-state index in [9.17, 15) is 18.4 Å². The van der Waals surface area contributed by atoms with Gasteiger partial charge in [-0.3, -0.25) is 9.59 Å². The van der Waals surface area contributed by atoms with Crippen LogP contribution >= 0.6 is 0 Å².